The van der Waals surface area contributed by atoms with Crippen LogP contribution in [0.1, 0.15) is 50.5 Å². The largest absolute Gasteiger partial charge is 0.341 e. The lowest BCUT2D eigenvalue weighted by atomic mass is 9.63. The number of piperidine rings is 1. The summed E-state index contributed by atoms with van der Waals surface area (Å²) < 4.78 is 42.0. The molecule has 1 saturated carbocycles. The molecule has 0 unspecified atom stereocenters. The second-order valence-electron chi connectivity index (χ2n) is 10.0. The van der Waals surface area contributed by atoms with Crippen LogP contribution in [0.3, 0.4) is 0 Å². The number of hydrogen-bond donors (Lipinski definition) is 1. The van der Waals surface area contributed by atoms with Gasteiger partial charge in [-0.05, 0) is 61.1 Å². The molecule has 1 aliphatic heterocycles. The zero-order valence-corrected chi connectivity index (χ0v) is 20.6. The highest BCUT2D eigenvalue weighted by Crippen LogP contribution is 2.47. The number of carbonyl (C=O) groups is 1. The smallest absolute Gasteiger partial charge is 0.241 e. The van der Waals surface area contributed by atoms with Gasteiger partial charge >= 0.3 is 0 Å². The number of imidazole rings is 1. The van der Waals surface area contributed by atoms with Gasteiger partial charge in [-0.2, -0.15) is 0 Å². The molecule has 7 nitrogen and oxygen atoms in total. The van der Waals surface area contributed by atoms with Crippen LogP contribution in [0.4, 0.5) is 4.39 Å². The van der Waals surface area contributed by atoms with Gasteiger partial charge in [0, 0.05) is 32.0 Å². The van der Waals surface area contributed by atoms with Crippen LogP contribution in [-0.2, 0) is 27.8 Å². The van der Waals surface area contributed by atoms with E-state index in [-0.39, 0.29) is 23.6 Å². The summed E-state index contributed by atoms with van der Waals surface area (Å²) >= 11 is 0. The lowest BCUT2D eigenvalue weighted by Gasteiger charge is -2.48. The van der Waals surface area contributed by atoms with Crippen LogP contribution < -0.4 is 4.72 Å². The number of benzene rings is 1. The summed E-state index contributed by atoms with van der Waals surface area (Å²) in [5.41, 5.74) is 0.832. The van der Waals surface area contributed by atoms with Crippen LogP contribution in [0.15, 0.2) is 43.0 Å². The molecule has 1 saturated heterocycles. The molecular weight excluding hydrogens is 455 g/mol. The van der Waals surface area contributed by atoms with Gasteiger partial charge in [0.1, 0.15) is 11.9 Å². The topological polar surface area (TPSA) is 84.3 Å². The highest BCUT2D eigenvalue weighted by molar-refractivity contribution is 7.88. The molecule has 2 fully saturated rings. The van der Waals surface area contributed by atoms with Gasteiger partial charge in [0.2, 0.25) is 15.9 Å². The molecule has 0 bridgehead atoms. The van der Waals surface area contributed by atoms with Crippen LogP contribution in [0.2, 0.25) is 0 Å². The Morgan fingerprint density at radius 3 is 2.44 bits per heavy atom. The summed E-state index contributed by atoms with van der Waals surface area (Å²) in [6.07, 6.45) is 15.0. The molecule has 1 aliphatic carbocycles. The maximum atomic E-state index is 13.5. The first-order chi connectivity index (χ1) is 16.2. The Kier molecular flexibility index (Phi) is 7.72. The summed E-state index contributed by atoms with van der Waals surface area (Å²) in [5, 5.41) is 0. The number of aromatic nitrogens is 2. The lowest BCUT2D eigenvalue weighted by molar-refractivity contribution is -0.136. The number of halogens is 1. The number of amides is 1. The standard InChI is InChI=1S/C25H35FN4O3S/c1-34(32,33)28-23(17-20-7-9-22(26)10-8-20)24(31)30-14-11-25(12-15-30,18-29-16-13-27-19-29)21-5-3-2-4-6-21/h7-10,13,16,19,21,23,28H,2-6,11-12,14-15,17-18H2,1H3/t23-/m1/s1. The Morgan fingerprint density at radius 1 is 1.18 bits per heavy atom. The Morgan fingerprint density at radius 2 is 1.85 bits per heavy atom. The molecular formula is C25H35FN4O3S. The van der Waals surface area contributed by atoms with Crippen LogP contribution in [-0.4, -0.2) is 54.2 Å². The van der Waals surface area contributed by atoms with Crippen LogP contribution in [0, 0.1) is 17.2 Å². The van der Waals surface area contributed by atoms with Gasteiger partial charge in [0.05, 0.1) is 12.6 Å². The number of carbonyl (C=O) groups excluding carboxylic acids is 1. The SMILES string of the molecule is CS(=O)(=O)N[C@H](Cc1ccc(F)cc1)C(=O)N1CCC(Cn2ccnc2)(C2CCCCC2)CC1. The molecule has 1 N–H and O–H groups in total. The van der Waals surface area contributed by atoms with Gasteiger partial charge in [-0.1, -0.05) is 31.4 Å². The summed E-state index contributed by atoms with van der Waals surface area (Å²) in [5.74, 6) is 0.0513. The second kappa shape index (κ2) is 10.6. The van der Waals surface area contributed by atoms with Crippen LogP contribution >= 0.6 is 0 Å². The number of likely N-dealkylation sites (tertiary alicyclic amines) is 1. The van der Waals surface area contributed by atoms with Crippen molar-refractivity contribution in [1.29, 1.82) is 0 Å². The molecule has 4 rings (SSSR count). The molecule has 2 aliphatic rings. The monoisotopic (exact) mass is 490 g/mol. The maximum Gasteiger partial charge on any atom is 0.241 e. The lowest BCUT2D eigenvalue weighted by Crippen LogP contribution is -2.54. The fourth-order valence-electron chi connectivity index (χ4n) is 5.84. The van der Waals surface area contributed by atoms with E-state index in [2.05, 4.69) is 14.3 Å². The number of sulfonamides is 1. The highest BCUT2D eigenvalue weighted by atomic mass is 32.2. The van der Waals surface area contributed by atoms with E-state index in [1.165, 1.54) is 44.2 Å². The van der Waals surface area contributed by atoms with Gasteiger partial charge < -0.3 is 9.47 Å². The average molecular weight is 491 g/mol. The third kappa shape index (κ3) is 6.24. The molecule has 1 aromatic heterocycles. The van der Waals surface area contributed by atoms with Crippen molar-refractivity contribution >= 4 is 15.9 Å². The summed E-state index contributed by atoms with van der Waals surface area (Å²) in [6, 6.07) is 4.93. The maximum absolute atomic E-state index is 13.5. The third-order valence-corrected chi connectivity index (χ3v) is 8.32. The van der Waals surface area contributed by atoms with E-state index in [0.29, 0.717) is 24.6 Å². The quantitative estimate of drug-likeness (QED) is 0.615. The average Bonchev–Trinajstić information content (AvgIpc) is 3.33. The van der Waals surface area contributed by atoms with E-state index in [4.69, 9.17) is 0 Å². The minimum atomic E-state index is -3.59. The Hall–Kier alpha value is -2.26. The fourth-order valence-corrected chi connectivity index (χ4v) is 6.54. The first kappa shape index (κ1) is 24.9. The van der Waals surface area contributed by atoms with Gasteiger partial charge in [-0.15, -0.1) is 0 Å². The summed E-state index contributed by atoms with van der Waals surface area (Å²) in [6.45, 7) is 2.12. The molecule has 186 valence electrons. The van der Waals surface area contributed by atoms with Crippen molar-refractivity contribution in [2.24, 2.45) is 11.3 Å². The molecule has 1 amide bonds. The zero-order valence-electron chi connectivity index (χ0n) is 19.8. The molecule has 2 heterocycles. The van der Waals surface area contributed by atoms with Crippen molar-refractivity contribution in [2.75, 3.05) is 19.3 Å². The Bertz CT molecular complexity index is 1040. The van der Waals surface area contributed by atoms with E-state index < -0.39 is 16.1 Å². The van der Waals surface area contributed by atoms with Gasteiger partial charge in [0.15, 0.2) is 0 Å². The van der Waals surface area contributed by atoms with Crippen LogP contribution in [0.25, 0.3) is 0 Å². The number of nitrogens with zero attached hydrogens (tertiary/aromatic N) is 3. The number of hydrogen-bond acceptors (Lipinski definition) is 4. The van der Waals surface area contributed by atoms with Crippen molar-refractivity contribution in [1.82, 2.24) is 19.2 Å². The molecule has 2 aromatic rings. The number of rotatable bonds is 8. The molecule has 1 atom stereocenters. The number of nitrogens with one attached hydrogen (secondary N) is 1. The van der Waals surface area contributed by atoms with Crippen molar-refractivity contribution in [3.05, 3.63) is 54.4 Å². The minimum Gasteiger partial charge on any atom is -0.341 e. The predicted molar refractivity (Wildman–Crippen MR) is 129 cm³/mol. The van der Waals surface area contributed by atoms with Crippen LogP contribution in [0.5, 0.6) is 0 Å². The van der Waals surface area contributed by atoms with Crippen molar-refractivity contribution in [3.63, 3.8) is 0 Å². The predicted octanol–water partition coefficient (Wildman–Crippen LogP) is 3.37. The Labute approximate surface area is 201 Å². The van der Waals surface area contributed by atoms with Gasteiger partial charge in [-0.25, -0.2) is 22.5 Å². The first-order valence-corrected chi connectivity index (χ1v) is 14.1. The van der Waals surface area contributed by atoms with Gasteiger partial charge in [0.25, 0.3) is 0 Å². The molecule has 0 spiro atoms. The minimum absolute atomic E-state index is 0.120. The van der Waals surface area contributed by atoms with Crippen molar-refractivity contribution in [2.45, 2.75) is 64.0 Å². The van der Waals surface area contributed by atoms with E-state index in [0.717, 1.165) is 25.6 Å². The van der Waals surface area contributed by atoms with Crippen molar-refractivity contribution < 1.29 is 17.6 Å². The highest BCUT2D eigenvalue weighted by Gasteiger charge is 2.43. The Balaban J connectivity index is 1.48. The zero-order chi connectivity index (χ0) is 24.2. The second-order valence-corrected chi connectivity index (χ2v) is 11.8. The van der Waals surface area contributed by atoms with E-state index in [1.54, 1.807) is 17.0 Å². The summed E-state index contributed by atoms with van der Waals surface area (Å²) in [7, 11) is -3.59. The molecule has 9 heteroatoms. The third-order valence-electron chi connectivity index (χ3n) is 7.61. The van der Waals surface area contributed by atoms with E-state index in [1.807, 2.05) is 18.7 Å². The first-order valence-electron chi connectivity index (χ1n) is 12.2. The molecule has 1 aromatic carbocycles. The fraction of sp³-hybridized carbons (Fsp3) is 0.600. The van der Waals surface area contributed by atoms with Crippen molar-refractivity contribution in [3.8, 4) is 0 Å². The normalized spacial score (nSPS) is 20.2. The molecule has 34 heavy (non-hydrogen) atoms. The molecule has 0 radical (unpaired) electrons. The summed E-state index contributed by atoms with van der Waals surface area (Å²) in [4.78, 5) is 19.5. The van der Waals surface area contributed by atoms with Gasteiger partial charge in [-0.3, -0.25) is 4.79 Å². The van der Waals surface area contributed by atoms with E-state index >= 15 is 0 Å². The van der Waals surface area contributed by atoms with E-state index in [9.17, 15) is 17.6 Å².